The third kappa shape index (κ3) is 3.23. The normalized spacial score (nSPS) is 9.74. The van der Waals surface area contributed by atoms with E-state index in [1.165, 1.54) is 0 Å². The smallest absolute Gasteiger partial charge is 0.122 e. The minimum absolute atomic E-state index is 0.552. The highest BCUT2D eigenvalue weighted by atomic mass is 16.5. The summed E-state index contributed by atoms with van der Waals surface area (Å²) in [6.45, 7) is 2.48. The second kappa shape index (κ2) is 5.87. The predicted molar refractivity (Wildman–Crippen MR) is 74.0 cm³/mol. The van der Waals surface area contributed by atoms with E-state index in [0.29, 0.717) is 12.1 Å². The van der Waals surface area contributed by atoms with Gasteiger partial charge in [-0.1, -0.05) is 12.1 Å². The summed E-state index contributed by atoms with van der Waals surface area (Å²) in [5, 5.41) is 12.2. The van der Waals surface area contributed by atoms with Gasteiger partial charge in [-0.2, -0.15) is 5.26 Å². The van der Waals surface area contributed by atoms with Crippen LogP contribution >= 0.6 is 0 Å². The molecule has 0 saturated carbocycles. The summed E-state index contributed by atoms with van der Waals surface area (Å²) in [6.07, 6.45) is 0. The van der Waals surface area contributed by atoms with Gasteiger partial charge in [0.2, 0.25) is 0 Å². The van der Waals surface area contributed by atoms with Crippen LogP contribution in [0.4, 0.5) is 5.69 Å². The van der Waals surface area contributed by atoms with Crippen LogP contribution in [0.1, 0.15) is 17.0 Å². The van der Waals surface area contributed by atoms with Crippen molar-refractivity contribution in [2.75, 3.05) is 12.4 Å². The molecule has 0 saturated heterocycles. The number of rotatable bonds is 4. The number of nitrogens with zero attached hydrogens (tertiary/aromatic N) is 2. The van der Waals surface area contributed by atoms with Crippen LogP contribution in [-0.4, -0.2) is 12.1 Å². The second-order valence-electron chi connectivity index (χ2n) is 4.15. The number of hydrogen-bond acceptors (Lipinski definition) is 4. The predicted octanol–water partition coefficient (Wildman–Crippen LogP) is 2.88. The Bertz CT molecular complexity index is 617. The Hall–Kier alpha value is -2.54. The van der Waals surface area contributed by atoms with Crippen molar-refractivity contribution >= 4 is 5.69 Å². The second-order valence-corrected chi connectivity index (χ2v) is 4.15. The van der Waals surface area contributed by atoms with Gasteiger partial charge >= 0.3 is 0 Å². The zero-order valence-corrected chi connectivity index (χ0v) is 11.0. The molecule has 19 heavy (non-hydrogen) atoms. The highest BCUT2D eigenvalue weighted by Crippen LogP contribution is 2.17. The highest BCUT2D eigenvalue weighted by Gasteiger charge is 2.03. The maximum Gasteiger partial charge on any atom is 0.122 e. The molecular weight excluding hydrogens is 238 g/mol. The molecule has 2 rings (SSSR count). The third-order valence-corrected chi connectivity index (χ3v) is 2.72. The Kier molecular flexibility index (Phi) is 3.99. The molecule has 1 heterocycles. The molecule has 0 bridgehead atoms. The fourth-order valence-corrected chi connectivity index (χ4v) is 1.83. The molecule has 0 atom stereocenters. The molecule has 0 fully saturated rings. The van der Waals surface area contributed by atoms with Crippen LogP contribution in [0.15, 0.2) is 36.4 Å². The Labute approximate surface area is 112 Å². The number of aromatic nitrogens is 1. The molecule has 0 aliphatic carbocycles. The molecule has 2 aromatic rings. The lowest BCUT2D eigenvalue weighted by molar-refractivity contribution is 0.413. The van der Waals surface area contributed by atoms with Crippen LogP contribution in [0.5, 0.6) is 5.75 Å². The van der Waals surface area contributed by atoms with E-state index in [2.05, 4.69) is 16.4 Å². The molecule has 1 aromatic heterocycles. The molecule has 4 nitrogen and oxygen atoms in total. The van der Waals surface area contributed by atoms with Gasteiger partial charge in [0.1, 0.15) is 11.8 Å². The number of aryl methyl sites for hydroxylation is 1. The lowest BCUT2D eigenvalue weighted by Crippen LogP contribution is -2.04. The SMILES string of the molecule is COc1cc(C)nc(CNc2ccccc2C#N)c1. The van der Waals surface area contributed by atoms with Gasteiger partial charge in [-0.15, -0.1) is 0 Å². The van der Waals surface area contributed by atoms with Crippen molar-refractivity contribution < 1.29 is 4.74 Å². The molecule has 0 aliphatic heterocycles. The molecule has 0 radical (unpaired) electrons. The Morgan fingerprint density at radius 3 is 2.84 bits per heavy atom. The highest BCUT2D eigenvalue weighted by molar-refractivity contribution is 5.57. The quantitative estimate of drug-likeness (QED) is 0.910. The summed E-state index contributed by atoms with van der Waals surface area (Å²) in [4.78, 5) is 4.43. The average molecular weight is 253 g/mol. The van der Waals surface area contributed by atoms with Crippen molar-refractivity contribution in [2.45, 2.75) is 13.5 Å². The summed E-state index contributed by atoms with van der Waals surface area (Å²) < 4.78 is 5.21. The van der Waals surface area contributed by atoms with Gasteiger partial charge in [-0.05, 0) is 19.1 Å². The Morgan fingerprint density at radius 1 is 1.32 bits per heavy atom. The molecule has 0 amide bonds. The van der Waals surface area contributed by atoms with Crippen molar-refractivity contribution in [1.82, 2.24) is 4.98 Å². The molecular formula is C15H15N3O. The Balaban J connectivity index is 2.15. The number of benzene rings is 1. The van der Waals surface area contributed by atoms with E-state index in [0.717, 1.165) is 22.8 Å². The third-order valence-electron chi connectivity index (χ3n) is 2.72. The first-order valence-corrected chi connectivity index (χ1v) is 5.97. The van der Waals surface area contributed by atoms with Gasteiger partial charge in [0.05, 0.1) is 30.6 Å². The van der Waals surface area contributed by atoms with Crippen molar-refractivity contribution in [2.24, 2.45) is 0 Å². The van der Waals surface area contributed by atoms with Crippen LogP contribution in [0, 0.1) is 18.3 Å². The summed E-state index contributed by atoms with van der Waals surface area (Å²) in [6, 6.07) is 13.3. The molecule has 0 aliphatic rings. The molecule has 4 heteroatoms. The van der Waals surface area contributed by atoms with Crippen LogP contribution in [0.25, 0.3) is 0 Å². The number of ether oxygens (including phenoxy) is 1. The summed E-state index contributed by atoms with van der Waals surface area (Å²) in [5.74, 6) is 0.790. The van der Waals surface area contributed by atoms with E-state index in [4.69, 9.17) is 10.00 Å². The van der Waals surface area contributed by atoms with Crippen molar-refractivity contribution in [1.29, 1.82) is 5.26 Å². The van der Waals surface area contributed by atoms with Gasteiger partial charge in [-0.3, -0.25) is 4.98 Å². The monoisotopic (exact) mass is 253 g/mol. The maximum absolute atomic E-state index is 9.02. The minimum Gasteiger partial charge on any atom is -0.497 e. The van der Waals surface area contributed by atoms with Crippen molar-refractivity contribution in [3.8, 4) is 11.8 Å². The molecule has 0 spiro atoms. The van der Waals surface area contributed by atoms with Crippen LogP contribution in [-0.2, 0) is 6.54 Å². The van der Waals surface area contributed by atoms with E-state index < -0.39 is 0 Å². The number of nitrogens with one attached hydrogen (secondary N) is 1. The summed E-state index contributed by atoms with van der Waals surface area (Å²) >= 11 is 0. The van der Waals surface area contributed by atoms with Crippen LogP contribution in [0.2, 0.25) is 0 Å². The zero-order chi connectivity index (χ0) is 13.7. The number of methoxy groups -OCH3 is 1. The average Bonchev–Trinajstić information content (AvgIpc) is 2.44. The summed E-state index contributed by atoms with van der Waals surface area (Å²) in [5.41, 5.74) is 3.23. The summed E-state index contributed by atoms with van der Waals surface area (Å²) in [7, 11) is 1.64. The van der Waals surface area contributed by atoms with E-state index in [9.17, 15) is 0 Å². The van der Waals surface area contributed by atoms with E-state index in [1.807, 2.05) is 37.3 Å². The van der Waals surface area contributed by atoms with Crippen LogP contribution < -0.4 is 10.1 Å². The maximum atomic E-state index is 9.02. The molecule has 0 unspecified atom stereocenters. The van der Waals surface area contributed by atoms with E-state index >= 15 is 0 Å². The lowest BCUT2D eigenvalue weighted by Gasteiger charge is -2.09. The molecule has 1 aromatic carbocycles. The van der Waals surface area contributed by atoms with E-state index in [1.54, 1.807) is 13.2 Å². The molecule has 96 valence electrons. The molecule has 1 N–H and O–H groups in total. The van der Waals surface area contributed by atoms with Gasteiger partial charge in [0, 0.05) is 17.8 Å². The number of nitriles is 1. The van der Waals surface area contributed by atoms with Gasteiger partial charge in [0.15, 0.2) is 0 Å². The topological polar surface area (TPSA) is 57.9 Å². The fraction of sp³-hybridized carbons (Fsp3) is 0.200. The zero-order valence-electron chi connectivity index (χ0n) is 11.0. The van der Waals surface area contributed by atoms with Gasteiger partial charge < -0.3 is 10.1 Å². The van der Waals surface area contributed by atoms with Gasteiger partial charge in [-0.25, -0.2) is 0 Å². The number of anilines is 1. The first kappa shape index (κ1) is 12.9. The number of hydrogen-bond donors (Lipinski definition) is 1. The van der Waals surface area contributed by atoms with Crippen LogP contribution in [0.3, 0.4) is 0 Å². The van der Waals surface area contributed by atoms with Crippen molar-refractivity contribution in [3.63, 3.8) is 0 Å². The fourth-order valence-electron chi connectivity index (χ4n) is 1.83. The first-order valence-electron chi connectivity index (χ1n) is 5.97. The largest absolute Gasteiger partial charge is 0.497 e. The number of para-hydroxylation sites is 1. The first-order chi connectivity index (χ1) is 9.22. The Morgan fingerprint density at radius 2 is 2.11 bits per heavy atom. The van der Waals surface area contributed by atoms with Gasteiger partial charge in [0.25, 0.3) is 0 Å². The number of pyridine rings is 1. The van der Waals surface area contributed by atoms with E-state index in [-0.39, 0.29) is 0 Å². The minimum atomic E-state index is 0.552. The van der Waals surface area contributed by atoms with Crippen molar-refractivity contribution in [3.05, 3.63) is 53.3 Å². The standard InChI is InChI=1S/C15H15N3O/c1-11-7-14(19-2)8-13(18-11)10-17-15-6-4-3-5-12(15)9-16/h3-8,17H,10H2,1-2H3. The lowest BCUT2D eigenvalue weighted by atomic mass is 10.2.